The lowest BCUT2D eigenvalue weighted by Crippen LogP contribution is -2.52. The van der Waals surface area contributed by atoms with Crippen LogP contribution in [0.25, 0.3) is 0 Å². The monoisotopic (exact) mass is 491 g/mol. The Morgan fingerprint density at radius 3 is 2.26 bits per heavy atom. The van der Waals surface area contributed by atoms with Crippen LogP contribution in [-0.2, 0) is 26.2 Å². The maximum Gasteiger partial charge on any atom is 0.244 e. The molecular formula is C25H34FN3O4S. The molecule has 0 saturated carbocycles. The number of anilines is 1. The second kappa shape index (κ2) is 12.0. The number of halogens is 1. The zero-order valence-corrected chi connectivity index (χ0v) is 21.3. The van der Waals surface area contributed by atoms with Gasteiger partial charge in [-0.2, -0.15) is 0 Å². The number of nitrogens with zero attached hydrogens (tertiary/aromatic N) is 2. The van der Waals surface area contributed by atoms with E-state index < -0.39 is 34.3 Å². The molecule has 0 heterocycles. The van der Waals surface area contributed by atoms with E-state index in [4.69, 9.17) is 0 Å². The summed E-state index contributed by atoms with van der Waals surface area (Å²) in [6.07, 6.45) is 2.13. The Kier molecular flexibility index (Phi) is 9.61. The molecule has 2 aromatic carbocycles. The van der Waals surface area contributed by atoms with Gasteiger partial charge in [0.25, 0.3) is 0 Å². The number of rotatable bonds is 11. The Morgan fingerprint density at radius 1 is 1.06 bits per heavy atom. The molecule has 0 saturated heterocycles. The van der Waals surface area contributed by atoms with E-state index in [1.54, 1.807) is 38.1 Å². The van der Waals surface area contributed by atoms with Crippen molar-refractivity contribution in [3.8, 4) is 0 Å². The molecule has 7 nitrogen and oxygen atoms in total. The number of carbonyl (C=O) groups is 2. The predicted molar refractivity (Wildman–Crippen MR) is 132 cm³/mol. The van der Waals surface area contributed by atoms with Gasteiger partial charge in [0, 0.05) is 13.1 Å². The van der Waals surface area contributed by atoms with Crippen LogP contribution in [0.1, 0.15) is 43.4 Å². The second-order valence-electron chi connectivity index (χ2n) is 8.35. The van der Waals surface area contributed by atoms with E-state index in [-0.39, 0.29) is 12.5 Å². The van der Waals surface area contributed by atoms with Crippen LogP contribution >= 0.6 is 0 Å². The molecule has 1 N–H and O–H groups in total. The number of hydrogen-bond donors (Lipinski definition) is 1. The van der Waals surface area contributed by atoms with Crippen LogP contribution < -0.4 is 9.62 Å². The van der Waals surface area contributed by atoms with Crippen molar-refractivity contribution < 1.29 is 22.4 Å². The Labute approximate surface area is 202 Å². The molecule has 2 aromatic rings. The van der Waals surface area contributed by atoms with E-state index in [1.807, 2.05) is 19.9 Å². The molecule has 186 valence electrons. The summed E-state index contributed by atoms with van der Waals surface area (Å²) >= 11 is 0. The first-order valence-corrected chi connectivity index (χ1v) is 13.2. The van der Waals surface area contributed by atoms with Gasteiger partial charge in [-0.3, -0.25) is 13.9 Å². The van der Waals surface area contributed by atoms with Gasteiger partial charge >= 0.3 is 0 Å². The molecule has 0 fully saturated rings. The highest BCUT2D eigenvalue weighted by molar-refractivity contribution is 7.92. The lowest BCUT2D eigenvalue weighted by molar-refractivity contribution is -0.140. The number of hydrogen-bond acceptors (Lipinski definition) is 4. The van der Waals surface area contributed by atoms with Crippen LogP contribution in [0.3, 0.4) is 0 Å². The fourth-order valence-electron chi connectivity index (χ4n) is 3.67. The number of carbonyl (C=O) groups excluding carboxylic acids is 2. The molecule has 0 spiro atoms. The van der Waals surface area contributed by atoms with Crippen molar-refractivity contribution in [3.63, 3.8) is 0 Å². The van der Waals surface area contributed by atoms with E-state index in [9.17, 15) is 22.4 Å². The summed E-state index contributed by atoms with van der Waals surface area (Å²) in [5, 5.41) is 2.82. The van der Waals surface area contributed by atoms with Crippen LogP contribution in [-0.4, -0.2) is 50.5 Å². The number of benzene rings is 2. The molecule has 2 amide bonds. The fourth-order valence-corrected chi connectivity index (χ4v) is 4.57. The predicted octanol–water partition coefficient (Wildman–Crippen LogP) is 3.54. The van der Waals surface area contributed by atoms with Crippen molar-refractivity contribution in [1.82, 2.24) is 10.2 Å². The van der Waals surface area contributed by atoms with Gasteiger partial charge in [-0.05, 0) is 61.6 Å². The molecule has 0 unspecified atom stereocenters. The lowest BCUT2D eigenvalue weighted by atomic mass is 10.1. The topological polar surface area (TPSA) is 86.8 Å². The molecule has 1 atom stereocenters. The normalized spacial score (nSPS) is 12.2. The van der Waals surface area contributed by atoms with Gasteiger partial charge in [0.15, 0.2) is 0 Å². The van der Waals surface area contributed by atoms with E-state index in [2.05, 4.69) is 5.32 Å². The van der Waals surface area contributed by atoms with E-state index in [0.29, 0.717) is 24.2 Å². The molecule has 0 bridgehead atoms. The Hall–Kier alpha value is -2.94. The highest BCUT2D eigenvalue weighted by Gasteiger charge is 2.32. The molecule has 0 aliphatic heterocycles. The molecule has 2 rings (SSSR count). The fraction of sp³-hybridized carbons (Fsp3) is 0.440. The van der Waals surface area contributed by atoms with Crippen molar-refractivity contribution >= 4 is 27.5 Å². The molecule has 9 heteroatoms. The SMILES string of the molecule is CCCNC(=O)[C@H](CC)N(Cc1ccc(F)cc1)C(=O)CN(c1cccc(C)c1C)S(C)(=O)=O. The first kappa shape index (κ1) is 27.3. The van der Waals surface area contributed by atoms with Gasteiger partial charge in [-0.25, -0.2) is 12.8 Å². The standard InChI is InChI=1S/C25H34FN3O4S/c1-6-15-27-25(31)22(7-2)28(16-20-11-13-21(26)14-12-20)24(30)17-29(34(5,32)33)23-10-8-9-18(3)19(23)4/h8-14,22H,6-7,15-17H2,1-5H3,(H,27,31)/t22-/m0/s1. The van der Waals surface area contributed by atoms with Crippen LogP contribution in [0.2, 0.25) is 0 Å². The molecule has 0 aromatic heterocycles. The first-order chi connectivity index (χ1) is 16.0. The van der Waals surface area contributed by atoms with Gasteiger partial charge < -0.3 is 10.2 Å². The summed E-state index contributed by atoms with van der Waals surface area (Å²) in [4.78, 5) is 27.8. The minimum atomic E-state index is -3.80. The highest BCUT2D eigenvalue weighted by Crippen LogP contribution is 2.25. The number of sulfonamides is 1. The van der Waals surface area contributed by atoms with Crippen molar-refractivity contribution in [1.29, 1.82) is 0 Å². The maximum absolute atomic E-state index is 13.6. The van der Waals surface area contributed by atoms with E-state index in [0.717, 1.165) is 28.1 Å². The van der Waals surface area contributed by atoms with Gasteiger partial charge in [0.1, 0.15) is 18.4 Å². The summed E-state index contributed by atoms with van der Waals surface area (Å²) in [7, 11) is -3.80. The third-order valence-corrected chi connectivity index (χ3v) is 6.85. The molecule has 0 aliphatic carbocycles. The van der Waals surface area contributed by atoms with E-state index >= 15 is 0 Å². The van der Waals surface area contributed by atoms with E-state index in [1.165, 1.54) is 17.0 Å². The van der Waals surface area contributed by atoms with Crippen LogP contribution in [0.15, 0.2) is 42.5 Å². The smallest absolute Gasteiger partial charge is 0.244 e. The Bertz CT molecular complexity index is 1100. The minimum Gasteiger partial charge on any atom is -0.354 e. The molecular weight excluding hydrogens is 457 g/mol. The first-order valence-electron chi connectivity index (χ1n) is 11.3. The van der Waals surface area contributed by atoms with Crippen LogP contribution in [0.5, 0.6) is 0 Å². The Balaban J connectivity index is 2.46. The average Bonchev–Trinajstić information content (AvgIpc) is 2.78. The third-order valence-electron chi connectivity index (χ3n) is 5.73. The average molecular weight is 492 g/mol. The molecule has 0 radical (unpaired) electrons. The van der Waals surface area contributed by atoms with Gasteiger partial charge in [0.2, 0.25) is 21.8 Å². The number of nitrogens with one attached hydrogen (secondary N) is 1. The van der Waals surface area contributed by atoms with Crippen molar-refractivity contribution in [3.05, 3.63) is 65.0 Å². The minimum absolute atomic E-state index is 0.0432. The second-order valence-corrected chi connectivity index (χ2v) is 10.3. The van der Waals surface area contributed by atoms with Crippen molar-refractivity contribution in [2.75, 3.05) is 23.7 Å². The summed E-state index contributed by atoms with van der Waals surface area (Å²) in [6, 6.07) is 10.1. The zero-order chi connectivity index (χ0) is 25.5. The summed E-state index contributed by atoms with van der Waals surface area (Å²) in [6.45, 7) is 7.44. The lowest BCUT2D eigenvalue weighted by Gasteiger charge is -2.33. The quantitative estimate of drug-likeness (QED) is 0.521. The summed E-state index contributed by atoms with van der Waals surface area (Å²) in [5.41, 5.74) is 2.70. The van der Waals surface area contributed by atoms with Crippen molar-refractivity contribution in [2.45, 2.75) is 53.1 Å². The van der Waals surface area contributed by atoms with Gasteiger partial charge in [-0.1, -0.05) is 38.1 Å². The molecule has 34 heavy (non-hydrogen) atoms. The summed E-state index contributed by atoms with van der Waals surface area (Å²) in [5.74, 6) is -1.24. The van der Waals surface area contributed by atoms with Gasteiger partial charge in [0.05, 0.1) is 11.9 Å². The Morgan fingerprint density at radius 2 is 1.71 bits per heavy atom. The van der Waals surface area contributed by atoms with Crippen LogP contribution in [0, 0.1) is 19.7 Å². The third kappa shape index (κ3) is 7.03. The maximum atomic E-state index is 13.6. The van der Waals surface area contributed by atoms with Crippen LogP contribution in [0.4, 0.5) is 10.1 Å². The summed E-state index contributed by atoms with van der Waals surface area (Å²) < 4.78 is 39.9. The van der Waals surface area contributed by atoms with Gasteiger partial charge in [-0.15, -0.1) is 0 Å². The highest BCUT2D eigenvalue weighted by atomic mass is 32.2. The number of amides is 2. The largest absolute Gasteiger partial charge is 0.354 e. The molecule has 0 aliphatic rings. The van der Waals surface area contributed by atoms with Crippen molar-refractivity contribution in [2.24, 2.45) is 0 Å². The zero-order valence-electron chi connectivity index (χ0n) is 20.5. The number of aryl methyl sites for hydroxylation is 1.